The molecule has 13 rings (SSSR count). The highest BCUT2D eigenvalue weighted by Crippen LogP contribution is 2.46. The minimum Gasteiger partial charge on any atom is -0.309 e. The van der Waals surface area contributed by atoms with Gasteiger partial charge in [-0.1, -0.05) is 176 Å². The first-order chi connectivity index (χ1) is 34.5. The molecule has 0 aliphatic carbocycles. The zero-order valence-electron chi connectivity index (χ0n) is 39.1. The maximum absolute atomic E-state index is 4.20. The summed E-state index contributed by atoms with van der Waals surface area (Å²) in [5.41, 5.74) is 16.0. The standard InChI is InChI=1S/C65H50N4S/c1-65(66-63(45-24-12-5-13-25-45)68(2)64(67-65)46-26-14-6-15-27-46)58-40-47(51-37-49(43-20-8-3-9-21-43)36-50(38-51)44-22-10-4-11-23-44)32-34-53(58)48-33-35-61-56(39-48)57-41-55-54-30-18-19-31-59(54)69(52-28-16-7-17-29-52)60(55)42-62(57)70-61/h3-42,63-64,66-67H,1-2H3. The zero-order valence-corrected chi connectivity index (χ0v) is 39.9. The van der Waals surface area contributed by atoms with Gasteiger partial charge in [-0.25, -0.2) is 0 Å². The first-order valence-electron chi connectivity index (χ1n) is 24.2. The smallest absolute Gasteiger partial charge is 0.0956 e. The fourth-order valence-electron chi connectivity index (χ4n) is 11.0. The Kier molecular flexibility index (Phi) is 10.4. The summed E-state index contributed by atoms with van der Waals surface area (Å²) in [7, 11) is 2.22. The van der Waals surface area contributed by atoms with Crippen molar-refractivity contribution in [2.45, 2.75) is 24.9 Å². The van der Waals surface area contributed by atoms with Crippen LogP contribution in [0.15, 0.2) is 243 Å². The van der Waals surface area contributed by atoms with Gasteiger partial charge in [-0.15, -0.1) is 11.3 Å². The second kappa shape index (κ2) is 17.3. The van der Waals surface area contributed by atoms with E-state index in [1.165, 1.54) is 103 Å². The number of thiophene rings is 1. The van der Waals surface area contributed by atoms with Crippen LogP contribution in [-0.2, 0) is 5.66 Å². The summed E-state index contributed by atoms with van der Waals surface area (Å²) in [5, 5.41) is 13.5. The van der Waals surface area contributed by atoms with Crippen molar-refractivity contribution in [3.63, 3.8) is 0 Å². The molecule has 4 nitrogen and oxygen atoms in total. The Morgan fingerprint density at radius 1 is 0.386 bits per heavy atom. The lowest BCUT2D eigenvalue weighted by atomic mass is 9.85. The number of fused-ring (bicyclic) bond motifs is 6. The first-order valence-corrected chi connectivity index (χ1v) is 25.0. The maximum atomic E-state index is 4.20. The predicted octanol–water partition coefficient (Wildman–Crippen LogP) is 16.5. The third-order valence-corrected chi connectivity index (χ3v) is 15.7. The number of hydrogen-bond donors (Lipinski definition) is 2. The zero-order chi connectivity index (χ0) is 46.8. The monoisotopic (exact) mass is 918 g/mol. The summed E-state index contributed by atoms with van der Waals surface area (Å²) in [5.74, 6) is 0. The molecule has 336 valence electrons. The number of benzene rings is 10. The Labute approximate surface area is 412 Å². The van der Waals surface area contributed by atoms with Crippen molar-refractivity contribution >= 4 is 53.3 Å². The molecule has 12 aromatic rings. The van der Waals surface area contributed by atoms with E-state index in [0.717, 1.165) is 5.56 Å². The van der Waals surface area contributed by atoms with Crippen LogP contribution >= 0.6 is 11.3 Å². The molecule has 1 fully saturated rings. The van der Waals surface area contributed by atoms with Crippen molar-refractivity contribution in [2.75, 3.05) is 7.05 Å². The van der Waals surface area contributed by atoms with Crippen LogP contribution in [0.4, 0.5) is 0 Å². The van der Waals surface area contributed by atoms with Gasteiger partial charge < -0.3 is 4.57 Å². The first kappa shape index (κ1) is 42.2. The van der Waals surface area contributed by atoms with Gasteiger partial charge in [0.05, 0.1) is 29.0 Å². The molecule has 10 aromatic carbocycles. The predicted molar refractivity (Wildman–Crippen MR) is 295 cm³/mol. The van der Waals surface area contributed by atoms with Crippen LogP contribution in [0.2, 0.25) is 0 Å². The normalized spacial score (nSPS) is 17.5. The van der Waals surface area contributed by atoms with E-state index in [-0.39, 0.29) is 12.3 Å². The van der Waals surface area contributed by atoms with E-state index in [1.807, 2.05) is 11.3 Å². The molecule has 0 saturated carbocycles. The number of rotatable bonds is 8. The molecule has 70 heavy (non-hydrogen) atoms. The minimum absolute atomic E-state index is 0.0935. The van der Waals surface area contributed by atoms with E-state index in [0.29, 0.717) is 0 Å². The maximum Gasteiger partial charge on any atom is 0.0956 e. The Hall–Kier alpha value is -7.90. The number of nitrogens with zero attached hydrogens (tertiary/aromatic N) is 2. The molecule has 3 heterocycles. The van der Waals surface area contributed by atoms with E-state index >= 15 is 0 Å². The van der Waals surface area contributed by atoms with Gasteiger partial charge in [0.1, 0.15) is 0 Å². The van der Waals surface area contributed by atoms with Crippen LogP contribution < -0.4 is 10.6 Å². The van der Waals surface area contributed by atoms with Crippen LogP contribution in [0.1, 0.15) is 35.9 Å². The highest BCUT2D eigenvalue weighted by atomic mass is 32.1. The lowest BCUT2D eigenvalue weighted by molar-refractivity contribution is -0.00179. The summed E-state index contributed by atoms with van der Waals surface area (Å²) in [6.07, 6.45) is -0.187. The Morgan fingerprint density at radius 3 is 1.51 bits per heavy atom. The average Bonchev–Trinajstić information content (AvgIpc) is 3.96. The SMILES string of the molecule is CN1C(c2ccccc2)NC(C)(c2cc(-c3cc(-c4ccccc4)cc(-c4ccccc4)c3)ccc2-c2ccc3sc4cc5c(cc4c3c2)c2ccccc2n5-c2ccccc2)NC1c1ccccc1. The second-order valence-electron chi connectivity index (χ2n) is 18.9. The molecule has 2 unspecified atom stereocenters. The van der Waals surface area contributed by atoms with E-state index in [9.17, 15) is 0 Å². The van der Waals surface area contributed by atoms with Crippen LogP contribution in [0.5, 0.6) is 0 Å². The number of nitrogens with one attached hydrogen (secondary N) is 2. The van der Waals surface area contributed by atoms with Crippen LogP contribution in [-0.4, -0.2) is 16.5 Å². The third-order valence-electron chi connectivity index (χ3n) is 14.5. The van der Waals surface area contributed by atoms with E-state index < -0.39 is 5.66 Å². The molecule has 5 heteroatoms. The molecule has 2 N–H and O–H groups in total. The van der Waals surface area contributed by atoms with E-state index in [2.05, 4.69) is 277 Å². The summed E-state index contributed by atoms with van der Waals surface area (Å²) >= 11 is 1.88. The molecule has 2 atom stereocenters. The highest BCUT2D eigenvalue weighted by Gasteiger charge is 2.43. The van der Waals surface area contributed by atoms with Gasteiger partial charge in [-0.3, -0.25) is 15.5 Å². The van der Waals surface area contributed by atoms with E-state index in [1.54, 1.807) is 0 Å². The highest BCUT2D eigenvalue weighted by molar-refractivity contribution is 7.25. The van der Waals surface area contributed by atoms with Gasteiger partial charge in [0.25, 0.3) is 0 Å². The van der Waals surface area contributed by atoms with Crippen molar-refractivity contribution in [1.82, 2.24) is 20.1 Å². The van der Waals surface area contributed by atoms with Crippen molar-refractivity contribution in [1.29, 1.82) is 0 Å². The topological polar surface area (TPSA) is 32.2 Å². The second-order valence-corrected chi connectivity index (χ2v) is 19.9. The summed E-state index contributed by atoms with van der Waals surface area (Å²) in [6.45, 7) is 2.34. The molecule has 1 aliphatic rings. The molecule has 2 aromatic heterocycles. The lowest BCUT2D eigenvalue weighted by Gasteiger charge is -2.51. The van der Waals surface area contributed by atoms with Crippen LogP contribution in [0.3, 0.4) is 0 Å². The van der Waals surface area contributed by atoms with Gasteiger partial charge in [0.2, 0.25) is 0 Å². The molecular formula is C65H50N4S. The quantitative estimate of drug-likeness (QED) is 0.159. The van der Waals surface area contributed by atoms with Crippen LogP contribution in [0.25, 0.3) is 92.2 Å². The van der Waals surface area contributed by atoms with Crippen molar-refractivity contribution < 1.29 is 0 Å². The van der Waals surface area contributed by atoms with Gasteiger partial charge >= 0.3 is 0 Å². The lowest BCUT2D eigenvalue weighted by Crippen LogP contribution is -2.64. The van der Waals surface area contributed by atoms with Gasteiger partial charge in [0.15, 0.2) is 0 Å². The van der Waals surface area contributed by atoms with Crippen LogP contribution in [0, 0.1) is 0 Å². The molecule has 1 aliphatic heterocycles. The summed E-state index contributed by atoms with van der Waals surface area (Å²) in [4.78, 5) is 2.42. The van der Waals surface area contributed by atoms with Crippen molar-refractivity contribution in [3.8, 4) is 50.2 Å². The largest absolute Gasteiger partial charge is 0.309 e. The summed E-state index contributed by atoms with van der Waals surface area (Å²) < 4.78 is 4.98. The molecule has 1 saturated heterocycles. The number of aromatic nitrogens is 1. The van der Waals surface area contributed by atoms with Gasteiger partial charge in [-0.05, 0) is 142 Å². The minimum atomic E-state index is -0.699. The van der Waals surface area contributed by atoms with Gasteiger partial charge in [-0.2, -0.15) is 0 Å². The molecule has 0 radical (unpaired) electrons. The average molecular weight is 919 g/mol. The Morgan fingerprint density at radius 2 is 0.900 bits per heavy atom. The molecule has 0 spiro atoms. The molecule has 0 amide bonds. The molecule has 0 bridgehead atoms. The fourth-order valence-corrected chi connectivity index (χ4v) is 12.1. The number of para-hydroxylation sites is 2. The number of hydrogen-bond acceptors (Lipinski definition) is 4. The fraction of sp³-hybridized carbons (Fsp3) is 0.0769. The van der Waals surface area contributed by atoms with Crippen molar-refractivity contribution in [2.24, 2.45) is 0 Å². The third kappa shape index (κ3) is 7.34. The van der Waals surface area contributed by atoms with Crippen molar-refractivity contribution in [3.05, 3.63) is 259 Å². The van der Waals surface area contributed by atoms with E-state index in [4.69, 9.17) is 0 Å². The Balaban J connectivity index is 1.03. The molecular weight excluding hydrogens is 869 g/mol. The van der Waals surface area contributed by atoms with Gasteiger partial charge in [0, 0.05) is 36.6 Å². The summed E-state index contributed by atoms with van der Waals surface area (Å²) in [6, 6.07) is 89.0. The Bertz CT molecular complexity index is 3760.